The Hall–Kier alpha value is -1.12. The molecule has 1 heterocycles. The minimum atomic E-state index is 0.190. The van der Waals surface area contributed by atoms with Gasteiger partial charge in [0.1, 0.15) is 0 Å². The Kier molecular flexibility index (Phi) is 5.14. The van der Waals surface area contributed by atoms with Crippen molar-refractivity contribution in [2.45, 2.75) is 64.1 Å². The Bertz CT molecular complexity index is 500. The second kappa shape index (κ2) is 6.55. The maximum Gasteiger partial charge on any atom is 0.0610 e. The number of benzene rings is 1. The van der Waals surface area contributed by atoms with Gasteiger partial charge in [0.2, 0.25) is 0 Å². The third kappa shape index (κ3) is 3.99. The fourth-order valence-electron chi connectivity index (χ4n) is 3.62. The minimum absolute atomic E-state index is 0.190. The molecule has 0 spiro atoms. The summed E-state index contributed by atoms with van der Waals surface area (Å²) in [5.41, 5.74) is 2.88. The van der Waals surface area contributed by atoms with Crippen LogP contribution in [-0.2, 0) is 11.2 Å². The molecule has 1 fully saturated rings. The van der Waals surface area contributed by atoms with E-state index in [1.807, 2.05) is 6.08 Å². The van der Waals surface area contributed by atoms with Crippen LogP contribution >= 0.6 is 0 Å². The van der Waals surface area contributed by atoms with Gasteiger partial charge in [-0.3, -0.25) is 4.90 Å². The normalized spacial score (nSPS) is 21.7. The number of hydrogen-bond donors (Lipinski definition) is 0. The first kappa shape index (κ1) is 17.2. The average Bonchev–Trinajstić information content (AvgIpc) is 2.44. The van der Waals surface area contributed by atoms with E-state index in [0.29, 0.717) is 6.10 Å². The van der Waals surface area contributed by atoms with Gasteiger partial charge in [0.25, 0.3) is 0 Å². The van der Waals surface area contributed by atoms with E-state index < -0.39 is 0 Å². The summed E-state index contributed by atoms with van der Waals surface area (Å²) >= 11 is 0. The lowest BCUT2D eigenvalue weighted by Gasteiger charge is -2.53. The molecule has 0 unspecified atom stereocenters. The largest absolute Gasteiger partial charge is 0.378 e. The van der Waals surface area contributed by atoms with Crippen LogP contribution in [0.4, 0.5) is 0 Å². The molecule has 0 aliphatic carbocycles. The molecule has 0 N–H and O–H groups in total. The zero-order valence-corrected chi connectivity index (χ0v) is 14.9. The second-order valence-corrected chi connectivity index (χ2v) is 7.78. The van der Waals surface area contributed by atoms with Crippen molar-refractivity contribution in [1.82, 2.24) is 4.90 Å². The van der Waals surface area contributed by atoms with Gasteiger partial charge in [-0.25, -0.2) is 0 Å². The highest BCUT2D eigenvalue weighted by atomic mass is 16.5. The van der Waals surface area contributed by atoms with E-state index in [1.165, 1.54) is 11.1 Å². The van der Waals surface area contributed by atoms with Gasteiger partial charge in [-0.1, -0.05) is 36.9 Å². The molecule has 1 aliphatic rings. The SMILES string of the molecule is C=Cc1cccc(CCOC2CC(C)(C)N(C)C(C)(C)C2)c1. The van der Waals surface area contributed by atoms with Crippen molar-refractivity contribution >= 4 is 6.08 Å². The lowest BCUT2D eigenvalue weighted by atomic mass is 9.79. The van der Waals surface area contributed by atoms with Crippen molar-refractivity contribution in [3.8, 4) is 0 Å². The molecule has 2 rings (SSSR count). The summed E-state index contributed by atoms with van der Waals surface area (Å²) < 4.78 is 6.23. The smallest absolute Gasteiger partial charge is 0.0610 e. The number of nitrogens with zero attached hydrogens (tertiary/aromatic N) is 1. The summed E-state index contributed by atoms with van der Waals surface area (Å²) in [5, 5.41) is 0. The molecule has 0 aromatic heterocycles. The first-order valence-corrected chi connectivity index (χ1v) is 8.31. The number of piperidine rings is 1. The zero-order chi connectivity index (χ0) is 16.4. The van der Waals surface area contributed by atoms with Crippen LogP contribution in [-0.4, -0.2) is 35.7 Å². The summed E-state index contributed by atoms with van der Waals surface area (Å²) in [5.74, 6) is 0. The summed E-state index contributed by atoms with van der Waals surface area (Å²) in [4.78, 5) is 2.49. The first-order valence-electron chi connectivity index (χ1n) is 8.31. The quantitative estimate of drug-likeness (QED) is 0.791. The molecule has 2 heteroatoms. The van der Waals surface area contributed by atoms with Crippen molar-refractivity contribution in [3.63, 3.8) is 0 Å². The Morgan fingerprint density at radius 3 is 2.45 bits per heavy atom. The lowest BCUT2D eigenvalue weighted by Crippen LogP contribution is -2.60. The van der Waals surface area contributed by atoms with Crippen LogP contribution in [0.2, 0.25) is 0 Å². The summed E-state index contributed by atoms with van der Waals surface area (Å²) in [7, 11) is 2.23. The molecule has 2 nitrogen and oxygen atoms in total. The highest BCUT2D eigenvalue weighted by Crippen LogP contribution is 2.38. The Labute approximate surface area is 136 Å². The van der Waals surface area contributed by atoms with Crippen LogP contribution < -0.4 is 0 Å². The van der Waals surface area contributed by atoms with Crippen LogP contribution in [0.1, 0.15) is 51.7 Å². The molecule has 1 aromatic carbocycles. The molecule has 1 aromatic rings. The number of rotatable bonds is 5. The van der Waals surface area contributed by atoms with Crippen molar-refractivity contribution < 1.29 is 4.74 Å². The van der Waals surface area contributed by atoms with E-state index in [1.54, 1.807) is 0 Å². The number of hydrogen-bond acceptors (Lipinski definition) is 2. The zero-order valence-electron chi connectivity index (χ0n) is 14.9. The van der Waals surface area contributed by atoms with Gasteiger partial charge < -0.3 is 4.74 Å². The van der Waals surface area contributed by atoms with E-state index in [9.17, 15) is 0 Å². The summed E-state index contributed by atoms with van der Waals surface area (Å²) in [6, 6.07) is 8.53. The Balaban J connectivity index is 1.90. The van der Waals surface area contributed by atoms with E-state index in [4.69, 9.17) is 4.74 Å². The fourth-order valence-corrected chi connectivity index (χ4v) is 3.62. The predicted octanol–water partition coefficient (Wildman–Crippen LogP) is 4.54. The first-order chi connectivity index (χ1) is 10.2. The standard InChI is InChI=1S/C20H31NO/c1-7-16-9-8-10-17(13-16)11-12-22-18-14-19(2,3)21(6)20(4,5)15-18/h7-10,13,18H,1,11-12,14-15H2,2-6H3. The van der Waals surface area contributed by atoms with Crippen molar-refractivity contribution in [2.24, 2.45) is 0 Å². The monoisotopic (exact) mass is 301 g/mol. The van der Waals surface area contributed by atoms with Crippen LogP contribution in [0, 0.1) is 0 Å². The molecule has 0 amide bonds. The van der Waals surface area contributed by atoms with Crippen molar-refractivity contribution in [3.05, 3.63) is 42.0 Å². The van der Waals surface area contributed by atoms with Crippen molar-refractivity contribution in [1.29, 1.82) is 0 Å². The second-order valence-electron chi connectivity index (χ2n) is 7.78. The van der Waals surface area contributed by atoms with Gasteiger partial charge in [-0.05, 0) is 65.1 Å². The van der Waals surface area contributed by atoms with E-state index >= 15 is 0 Å². The van der Waals surface area contributed by atoms with Gasteiger partial charge in [0, 0.05) is 11.1 Å². The minimum Gasteiger partial charge on any atom is -0.378 e. The molecule has 0 radical (unpaired) electrons. The highest BCUT2D eigenvalue weighted by molar-refractivity contribution is 5.47. The molecule has 0 saturated carbocycles. The summed E-state index contributed by atoms with van der Waals surface area (Å²) in [6.07, 6.45) is 5.41. The maximum atomic E-state index is 6.23. The predicted molar refractivity (Wildman–Crippen MR) is 95.1 cm³/mol. The van der Waals surface area contributed by atoms with E-state index in [-0.39, 0.29) is 11.1 Å². The van der Waals surface area contributed by atoms with Crippen LogP contribution in [0.25, 0.3) is 6.08 Å². The highest BCUT2D eigenvalue weighted by Gasteiger charge is 2.43. The van der Waals surface area contributed by atoms with E-state index in [0.717, 1.165) is 25.9 Å². The van der Waals surface area contributed by atoms with Crippen molar-refractivity contribution in [2.75, 3.05) is 13.7 Å². The van der Waals surface area contributed by atoms with E-state index in [2.05, 4.69) is 70.5 Å². The Morgan fingerprint density at radius 1 is 1.23 bits per heavy atom. The molecular formula is C20H31NO. The fraction of sp³-hybridized carbons (Fsp3) is 0.600. The van der Waals surface area contributed by atoms with Crippen LogP contribution in [0.3, 0.4) is 0 Å². The molecule has 1 aliphatic heterocycles. The van der Waals surface area contributed by atoms with Crippen LogP contribution in [0.5, 0.6) is 0 Å². The third-order valence-electron chi connectivity index (χ3n) is 5.20. The number of ether oxygens (including phenoxy) is 1. The maximum absolute atomic E-state index is 6.23. The lowest BCUT2D eigenvalue weighted by molar-refractivity contribution is -0.0907. The molecule has 122 valence electrons. The van der Waals surface area contributed by atoms with Gasteiger partial charge in [-0.15, -0.1) is 0 Å². The summed E-state index contributed by atoms with van der Waals surface area (Å²) in [6.45, 7) is 13.9. The third-order valence-corrected chi connectivity index (χ3v) is 5.20. The van der Waals surface area contributed by atoms with Gasteiger partial charge >= 0.3 is 0 Å². The number of likely N-dealkylation sites (tertiary alicyclic amines) is 1. The topological polar surface area (TPSA) is 12.5 Å². The molecule has 0 bridgehead atoms. The van der Waals surface area contributed by atoms with Gasteiger partial charge in [0.05, 0.1) is 12.7 Å². The Morgan fingerprint density at radius 2 is 1.86 bits per heavy atom. The molecular weight excluding hydrogens is 270 g/mol. The molecule has 1 saturated heterocycles. The van der Waals surface area contributed by atoms with Crippen LogP contribution in [0.15, 0.2) is 30.8 Å². The van der Waals surface area contributed by atoms with Gasteiger partial charge in [0.15, 0.2) is 0 Å². The average molecular weight is 301 g/mol. The molecule has 0 atom stereocenters. The van der Waals surface area contributed by atoms with Gasteiger partial charge in [-0.2, -0.15) is 0 Å². The molecule has 22 heavy (non-hydrogen) atoms.